The fraction of sp³-hybridized carbons (Fsp3) is 0.421. The van der Waals surface area contributed by atoms with Crippen LogP contribution in [0.5, 0.6) is 0 Å². The van der Waals surface area contributed by atoms with E-state index in [2.05, 4.69) is 25.9 Å². The van der Waals surface area contributed by atoms with Gasteiger partial charge in [-0.1, -0.05) is 0 Å². The summed E-state index contributed by atoms with van der Waals surface area (Å²) in [7, 11) is 1.81. The molecule has 9 heteroatoms. The lowest BCUT2D eigenvalue weighted by atomic mass is 9.91. The third-order valence-corrected chi connectivity index (χ3v) is 4.69. The molecule has 0 aliphatic heterocycles. The number of aryl methyl sites for hydroxylation is 1. The summed E-state index contributed by atoms with van der Waals surface area (Å²) in [5.74, 6) is -0.123. The third kappa shape index (κ3) is 5.51. The highest BCUT2D eigenvalue weighted by Gasteiger charge is 2.23. The van der Waals surface area contributed by atoms with Crippen molar-refractivity contribution in [3.8, 4) is 0 Å². The normalized spacial score (nSPS) is 18.7. The van der Waals surface area contributed by atoms with E-state index in [9.17, 15) is 13.6 Å². The van der Waals surface area contributed by atoms with Crippen LogP contribution in [0, 0.1) is 18.6 Å². The summed E-state index contributed by atoms with van der Waals surface area (Å²) in [6, 6.07) is 5.33. The smallest absolute Gasteiger partial charge is 0.251 e. The Kier molecular flexibility index (Phi) is 7.51. The van der Waals surface area contributed by atoms with Crippen LogP contribution >= 0.6 is 12.4 Å². The maximum Gasteiger partial charge on any atom is 0.251 e. The Morgan fingerprint density at radius 2 is 1.64 bits per heavy atom. The molecule has 1 fully saturated rings. The molecule has 6 nitrogen and oxygen atoms in total. The van der Waals surface area contributed by atoms with Gasteiger partial charge in [-0.05, 0) is 50.8 Å². The molecule has 0 saturated heterocycles. The highest BCUT2D eigenvalue weighted by molar-refractivity contribution is 5.94. The van der Waals surface area contributed by atoms with Crippen molar-refractivity contribution in [1.29, 1.82) is 0 Å². The summed E-state index contributed by atoms with van der Waals surface area (Å²) in [6.07, 6.45) is 3.35. The Labute approximate surface area is 169 Å². The first kappa shape index (κ1) is 21.8. The van der Waals surface area contributed by atoms with E-state index in [-0.39, 0.29) is 36.0 Å². The Hall–Kier alpha value is -2.48. The summed E-state index contributed by atoms with van der Waals surface area (Å²) in [5, 5.41) is 9.33. The Morgan fingerprint density at radius 3 is 2.29 bits per heavy atom. The van der Waals surface area contributed by atoms with Gasteiger partial charge in [-0.15, -0.1) is 12.4 Å². The van der Waals surface area contributed by atoms with Gasteiger partial charge in [0.15, 0.2) is 11.6 Å². The Bertz CT molecular complexity index is 828. The predicted octanol–water partition coefficient (Wildman–Crippen LogP) is 3.68. The molecular weight excluding hydrogens is 388 g/mol. The van der Waals surface area contributed by atoms with Crippen LogP contribution in [0.25, 0.3) is 0 Å². The lowest BCUT2D eigenvalue weighted by molar-refractivity contribution is 0.0926. The standard InChI is InChI=1S/C19H23F2N5O.ClH/c1-11-23-17(22-2)10-18(24-11)25-13-4-6-14(7-5-13)26-19(27)12-3-8-15(20)16(21)9-12;/h3,8-10,13-14H,4-7H2,1-2H3,(H,26,27)(H2,22,23,24,25);1H. The highest BCUT2D eigenvalue weighted by atomic mass is 35.5. The van der Waals surface area contributed by atoms with Crippen LogP contribution in [-0.2, 0) is 0 Å². The molecular formula is C19H24ClF2N5O. The van der Waals surface area contributed by atoms with E-state index >= 15 is 0 Å². The van der Waals surface area contributed by atoms with E-state index in [4.69, 9.17) is 0 Å². The number of halogens is 3. The zero-order chi connectivity index (χ0) is 19.4. The number of hydrogen-bond acceptors (Lipinski definition) is 5. The van der Waals surface area contributed by atoms with Crippen LogP contribution in [0.3, 0.4) is 0 Å². The van der Waals surface area contributed by atoms with Gasteiger partial charge >= 0.3 is 0 Å². The van der Waals surface area contributed by atoms with Crippen molar-refractivity contribution in [3.05, 3.63) is 47.3 Å². The van der Waals surface area contributed by atoms with Crippen LogP contribution in [0.2, 0.25) is 0 Å². The molecule has 1 amide bonds. The van der Waals surface area contributed by atoms with Crippen molar-refractivity contribution in [2.24, 2.45) is 0 Å². The predicted molar refractivity (Wildman–Crippen MR) is 107 cm³/mol. The van der Waals surface area contributed by atoms with E-state index < -0.39 is 11.6 Å². The monoisotopic (exact) mass is 411 g/mol. The average molecular weight is 412 g/mol. The molecule has 28 heavy (non-hydrogen) atoms. The zero-order valence-corrected chi connectivity index (χ0v) is 16.6. The zero-order valence-electron chi connectivity index (χ0n) is 15.8. The minimum absolute atomic E-state index is 0. The molecule has 0 unspecified atom stereocenters. The molecule has 1 aromatic heterocycles. The third-order valence-electron chi connectivity index (χ3n) is 4.69. The average Bonchev–Trinajstić information content (AvgIpc) is 2.65. The maximum atomic E-state index is 13.3. The molecule has 0 atom stereocenters. The first-order valence-electron chi connectivity index (χ1n) is 9.00. The van der Waals surface area contributed by atoms with Gasteiger partial charge in [0.1, 0.15) is 17.5 Å². The summed E-state index contributed by atoms with van der Waals surface area (Å²) < 4.78 is 26.3. The molecule has 0 spiro atoms. The van der Waals surface area contributed by atoms with E-state index in [1.807, 2.05) is 20.0 Å². The fourth-order valence-electron chi connectivity index (χ4n) is 3.27. The molecule has 1 aliphatic carbocycles. The van der Waals surface area contributed by atoms with Crippen molar-refractivity contribution in [2.75, 3.05) is 17.7 Å². The molecule has 1 aliphatic rings. The number of aromatic nitrogens is 2. The quantitative estimate of drug-likeness (QED) is 0.699. The maximum absolute atomic E-state index is 13.3. The lowest BCUT2D eigenvalue weighted by Crippen LogP contribution is -2.40. The second-order valence-electron chi connectivity index (χ2n) is 6.73. The van der Waals surface area contributed by atoms with Crippen LogP contribution < -0.4 is 16.0 Å². The van der Waals surface area contributed by atoms with E-state index in [0.717, 1.165) is 49.5 Å². The minimum atomic E-state index is -1.02. The number of benzene rings is 1. The minimum Gasteiger partial charge on any atom is -0.373 e. The highest BCUT2D eigenvalue weighted by Crippen LogP contribution is 2.23. The van der Waals surface area contributed by atoms with Gasteiger partial charge in [0, 0.05) is 30.8 Å². The van der Waals surface area contributed by atoms with Crippen LogP contribution in [0.15, 0.2) is 24.3 Å². The number of amides is 1. The molecule has 1 saturated carbocycles. The van der Waals surface area contributed by atoms with E-state index in [0.29, 0.717) is 5.82 Å². The van der Waals surface area contributed by atoms with Crippen LogP contribution in [-0.4, -0.2) is 35.0 Å². The van der Waals surface area contributed by atoms with Gasteiger partial charge < -0.3 is 16.0 Å². The molecule has 3 rings (SSSR count). The lowest BCUT2D eigenvalue weighted by Gasteiger charge is -2.30. The van der Waals surface area contributed by atoms with Gasteiger partial charge in [-0.3, -0.25) is 4.79 Å². The summed E-state index contributed by atoms with van der Waals surface area (Å²) >= 11 is 0. The Balaban J connectivity index is 0.00000280. The first-order chi connectivity index (χ1) is 12.9. The van der Waals surface area contributed by atoms with Gasteiger partial charge in [-0.2, -0.15) is 0 Å². The van der Waals surface area contributed by atoms with Gasteiger partial charge in [0.05, 0.1) is 0 Å². The van der Waals surface area contributed by atoms with Gasteiger partial charge in [0.25, 0.3) is 5.91 Å². The van der Waals surface area contributed by atoms with Crippen LogP contribution in [0.1, 0.15) is 41.9 Å². The molecule has 2 aromatic rings. The molecule has 0 radical (unpaired) electrons. The van der Waals surface area contributed by atoms with E-state index in [1.165, 1.54) is 6.07 Å². The van der Waals surface area contributed by atoms with Crippen molar-refractivity contribution in [1.82, 2.24) is 15.3 Å². The molecule has 0 bridgehead atoms. The van der Waals surface area contributed by atoms with E-state index in [1.54, 1.807) is 0 Å². The summed E-state index contributed by atoms with van der Waals surface area (Å²) in [6.45, 7) is 1.84. The number of carbonyl (C=O) groups is 1. The topological polar surface area (TPSA) is 78.9 Å². The number of nitrogens with zero attached hydrogens (tertiary/aromatic N) is 2. The number of anilines is 2. The number of rotatable bonds is 5. The number of hydrogen-bond donors (Lipinski definition) is 3. The molecule has 1 heterocycles. The molecule has 152 valence electrons. The van der Waals surface area contributed by atoms with Crippen molar-refractivity contribution >= 4 is 29.9 Å². The summed E-state index contributed by atoms with van der Waals surface area (Å²) in [4.78, 5) is 20.9. The molecule has 1 aromatic carbocycles. The number of carbonyl (C=O) groups excluding carboxylic acids is 1. The first-order valence-corrected chi connectivity index (χ1v) is 9.00. The van der Waals surface area contributed by atoms with Gasteiger partial charge in [-0.25, -0.2) is 18.7 Å². The Morgan fingerprint density at radius 1 is 1.00 bits per heavy atom. The second-order valence-corrected chi connectivity index (χ2v) is 6.73. The van der Waals surface area contributed by atoms with Gasteiger partial charge in [0.2, 0.25) is 0 Å². The van der Waals surface area contributed by atoms with Crippen molar-refractivity contribution < 1.29 is 13.6 Å². The fourth-order valence-corrected chi connectivity index (χ4v) is 3.27. The van der Waals surface area contributed by atoms with Crippen molar-refractivity contribution in [2.45, 2.75) is 44.7 Å². The number of nitrogens with one attached hydrogen (secondary N) is 3. The SMILES string of the molecule is CNc1cc(NC2CCC(NC(=O)c3ccc(F)c(F)c3)CC2)nc(C)n1.Cl. The molecule has 3 N–H and O–H groups in total. The summed E-state index contributed by atoms with van der Waals surface area (Å²) in [5.41, 5.74) is 0.130. The second kappa shape index (κ2) is 9.64. The largest absolute Gasteiger partial charge is 0.373 e. The van der Waals surface area contributed by atoms with Crippen LogP contribution in [0.4, 0.5) is 20.4 Å². The van der Waals surface area contributed by atoms with Crippen molar-refractivity contribution in [3.63, 3.8) is 0 Å².